The third-order valence-electron chi connectivity index (χ3n) is 4.87. The smallest absolute Gasteiger partial charge is 0.111 e. The fourth-order valence-corrected chi connectivity index (χ4v) is 2.89. The summed E-state index contributed by atoms with van der Waals surface area (Å²) >= 11 is 0. The number of hydrogen-bond acceptors (Lipinski definition) is 10. The molecule has 2 saturated heterocycles. The molecule has 0 saturated carbocycles. The number of benzene rings is 1. The monoisotopic (exact) mass is 498 g/mol. The second-order valence-electron chi connectivity index (χ2n) is 7.31. The second-order valence-corrected chi connectivity index (χ2v) is 7.31. The van der Waals surface area contributed by atoms with E-state index in [9.17, 15) is 0 Å². The summed E-state index contributed by atoms with van der Waals surface area (Å²) in [5.74, 6) is 8.31. The van der Waals surface area contributed by atoms with Crippen LogP contribution in [0.15, 0.2) is 24.3 Å². The maximum absolute atomic E-state index is 9.11. The molecule has 0 spiro atoms. The lowest BCUT2D eigenvalue weighted by Gasteiger charge is -2.34. The minimum atomic E-state index is -1.22. The van der Waals surface area contributed by atoms with Crippen molar-refractivity contribution < 1.29 is 50.3 Å². The highest BCUT2D eigenvalue weighted by Gasteiger charge is 2.37. The van der Waals surface area contributed by atoms with E-state index in [4.69, 9.17) is 56.7 Å². The molecule has 0 aromatic heterocycles. The summed E-state index contributed by atoms with van der Waals surface area (Å²) in [6.07, 6.45) is -3.33. The van der Waals surface area contributed by atoms with E-state index in [0.29, 0.717) is 0 Å². The molecule has 2 aliphatic heterocycles. The van der Waals surface area contributed by atoms with E-state index in [1.54, 1.807) is 0 Å². The van der Waals surface area contributed by atoms with E-state index in [0.717, 1.165) is 11.1 Å². The lowest BCUT2D eigenvalue weighted by Crippen LogP contribution is -2.53. The molecule has 2 aliphatic rings. The topological polar surface area (TPSA) is 180 Å². The van der Waals surface area contributed by atoms with Crippen LogP contribution in [0.25, 0.3) is 0 Å². The standard InChI is InChI=1S/C11H8.2C6H12O5.C2H6/c1-3-6-11-8-5-7-10(4-2)9-11;2*7-1-4-6(10)5(9)3(8)2-11-4;1-2/h2,5,7-9H,1H3;2*3-10H,1-2H2;1-2H3/t;2*3?,4?,5?,6-;/m.11./s1. The molecule has 8 N–H and O–H groups in total. The molecule has 3 rings (SSSR count). The minimum Gasteiger partial charge on any atom is -0.394 e. The van der Waals surface area contributed by atoms with Crippen molar-refractivity contribution in [3.05, 3.63) is 35.4 Å². The molecule has 10 heteroatoms. The quantitative estimate of drug-likeness (QED) is 0.212. The van der Waals surface area contributed by atoms with Crippen LogP contribution in [-0.2, 0) is 9.47 Å². The minimum absolute atomic E-state index is 0.0521. The Morgan fingerprint density at radius 3 is 1.60 bits per heavy atom. The van der Waals surface area contributed by atoms with Gasteiger partial charge in [-0.25, -0.2) is 0 Å². The van der Waals surface area contributed by atoms with Gasteiger partial charge in [0.25, 0.3) is 0 Å². The van der Waals surface area contributed by atoms with Crippen molar-refractivity contribution in [1.29, 1.82) is 0 Å². The van der Waals surface area contributed by atoms with Crippen LogP contribution in [-0.4, -0.2) is 116 Å². The fourth-order valence-electron chi connectivity index (χ4n) is 2.89. The van der Waals surface area contributed by atoms with Gasteiger partial charge in [-0.15, -0.1) is 12.3 Å². The van der Waals surface area contributed by atoms with Gasteiger partial charge in [-0.1, -0.05) is 31.8 Å². The molecule has 0 amide bonds. The zero-order valence-electron chi connectivity index (χ0n) is 20.2. The first-order valence-electron chi connectivity index (χ1n) is 11.2. The average Bonchev–Trinajstić information content (AvgIpc) is 2.88. The summed E-state index contributed by atoms with van der Waals surface area (Å²) in [5.41, 5.74) is 1.85. The van der Waals surface area contributed by atoms with E-state index in [2.05, 4.69) is 17.8 Å². The summed E-state index contributed by atoms with van der Waals surface area (Å²) in [5, 5.41) is 71.4. The van der Waals surface area contributed by atoms with Crippen molar-refractivity contribution in [1.82, 2.24) is 0 Å². The van der Waals surface area contributed by atoms with Gasteiger partial charge < -0.3 is 50.3 Å². The Kier molecular flexibility index (Phi) is 17.2. The van der Waals surface area contributed by atoms with Crippen molar-refractivity contribution >= 4 is 0 Å². The molecule has 0 bridgehead atoms. The van der Waals surface area contributed by atoms with E-state index in [-0.39, 0.29) is 26.4 Å². The summed E-state index contributed by atoms with van der Waals surface area (Å²) < 4.78 is 9.62. The number of hydrogen-bond donors (Lipinski definition) is 8. The van der Waals surface area contributed by atoms with Gasteiger partial charge in [0.05, 0.1) is 26.4 Å². The summed E-state index contributed by atoms with van der Waals surface area (Å²) in [6.45, 7) is 4.99. The third kappa shape index (κ3) is 11.0. The van der Waals surface area contributed by atoms with Crippen LogP contribution in [0.1, 0.15) is 31.9 Å². The first-order chi connectivity index (χ1) is 16.7. The van der Waals surface area contributed by atoms with Crippen LogP contribution in [0.4, 0.5) is 0 Å². The van der Waals surface area contributed by atoms with Crippen molar-refractivity contribution in [2.45, 2.75) is 69.6 Å². The lowest BCUT2D eigenvalue weighted by molar-refractivity contribution is -0.195. The van der Waals surface area contributed by atoms with Gasteiger partial charge in [-0.3, -0.25) is 0 Å². The van der Waals surface area contributed by atoms with Gasteiger partial charge in [0.15, 0.2) is 0 Å². The maximum atomic E-state index is 9.11. The van der Waals surface area contributed by atoms with Crippen molar-refractivity contribution in [3.8, 4) is 24.2 Å². The van der Waals surface area contributed by atoms with Crippen LogP contribution >= 0.6 is 0 Å². The molecular formula is C25H38O10. The Morgan fingerprint density at radius 2 is 1.23 bits per heavy atom. The van der Waals surface area contributed by atoms with Crippen LogP contribution in [0.5, 0.6) is 0 Å². The van der Waals surface area contributed by atoms with E-state index < -0.39 is 48.8 Å². The van der Waals surface area contributed by atoms with Crippen LogP contribution in [0.3, 0.4) is 0 Å². The van der Waals surface area contributed by atoms with Crippen molar-refractivity contribution in [2.75, 3.05) is 26.4 Å². The number of terminal acetylenes is 1. The average molecular weight is 499 g/mol. The van der Waals surface area contributed by atoms with Crippen molar-refractivity contribution in [3.63, 3.8) is 0 Å². The molecule has 2 heterocycles. The van der Waals surface area contributed by atoms with Gasteiger partial charge in [-0.05, 0) is 25.1 Å². The summed E-state index contributed by atoms with van der Waals surface area (Å²) in [4.78, 5) is 0. The Bertz CT molecular complexity index is 765. The van der Waals surface area contributed by atoms with Crippen LogP contribution < -0.4 is 0 Å². The lowest BCUT2D eigenvalue weighted by atomic mass is 10.0. The summed E-state index contributed by atoms with van der Waals surface area (Å²) in [7, 11) is 0. The molecule has 2 fully saturated rings. The van der Waals surface area contributed by atoms with E-state index in [1.165, 1.54) is 0 Å². The van der Waals surface area contributed by atoms with E-state index >= 15 is 0 Å². The highest BCUT2D eigenvalue weighted by molar-refractivity contribution is 5.42. The SMILES string of the molecule is C#Cc1cccc(C#CC)c1.CC.OCC1OCC(O)C(O)[C@@H]1O.OCC1OCC(O)C(O)[C@@H]1O. The van der Waals surface area contributed by atoms with Gasteiger partial charge in [-0.2, -0.15) is 0 Å². The first-order valence-corrected chi connectivity index (χ1v) is 11.2. The van der Waals surface area contributed by atoms with Gasteiger partial charge in [0.2, 0.25) is 0 Å². The summed E-state index contributed by atoms with van der Waals surface area (Å²) in [6, 6.07) is 7.64. The molecule has 1 aromatic carbocycles. The molecule has 8 atom stereocenters. The molecular weight excluding hydrogens is 460 g/mol. The fraction of sp³-hybridized carbons (Fsp3) is 0.600. The van der Waals surface area contributed by atoms with Gasteiger partial charge in [0, 0.05) is 11.1 Å². The molecule has 35 heavy (non-hydrogen) atoms. The molecule has 0 aliphatic carbocycles. The Hall–Kier alpha value is -2.06. The number of ether oxygens (including phenoxy) is 2. The predicted octanol–water partition coefficient (Wildman–Crippen LogP) is -2.01. The molecule has 1 aromatic rings. The van der Waals surface area contributed by atoms with Gasteiger partial charge >= 0.3 is 0 Å². The Morgan fingerprint density at radius 1 is 0.800 bits per heavy atom. The maximum Gasteiger partial charge on any atom is 0.111 e. The zero-order valence-corrected chi connectivity index (χ0v) is 20.2. The third-order valence-corrected chi connectivity index (χ3v) is 4.87. The first kappa shape index (κ1) is 32.9. The Balaban J connectivity index is 0.000000478. The second kappa shape index (κ2) is 18.2. The largest absolute Gasteiger partial charge is 0.394 e. The predicted molar refractivity (Wildman–Crippen MR) is 128 cm³/mol. The number of aliphatic hydroxyl groups excluding tert-OH is 8. The van der Waals surface area contributed by atoms with Crippen LogP contribution in [0.2, 0.25) is 0 Å². The normalized spacial score (nSPS) is 31.4. The molecule has 198 valence electrons. The molecule has 10 nitrogen and oxygen atoms in total. The van der Waals surface area contributed by atoms with E-state index in [1.807, 2.05) is 45.0 Å². The molecule has 0 radical (unpaired) electrons. The molecule has 6 unspecified atom stereocenters. The van der Waals surface area contributed by atoms with Crippen LogP contribution in [0, 0.1) is 24.2 Å². The number of aliphatic hydroxyl groups is 8. The zero-order chi connectivity index (χ0) is 27.0. The Labute approximate surface area is 206 Å². The van der Waals surface area contributed by atoms with Gasteiger partial charge in [0.1, 0.15) is 48.8 Å². The highest BCUT2D eigenvalue weighted by Crippen LogP contribution is 2.15. The highest BCUT2D eigenvalue weighted by atomic mass is 16.5. The number of rotatable bonds is 2. The van der Waals surface area contributed by atoms with Crippen molar-refractivity contribution in [2.24, 2.45) is 0 Å².